The van der Waals surface area contributed by atoms with E-state index in [0.29, 0.717) is 17.1 Å². The van der Waals surface area contributed by atoms with Gasteiger partial charge in [0.2, 0.25) is 0 Å². The van der Waals surface area contributed by atoms with Crippen molar-refractivity contribution in [2.24, 2.45) is 0 Å². The molecule has 0 spiro atoms. The molecule has 94 valence electrons. The average Bonchev–Trinajstić information content (AvgIpc) is 2.35. The first-order chi connectivity index (χ1) is 8.12. The number of rotatable bonds is 6. The monoisotopic (exact) mass is 236 g/mol. The molecule has 1 rings (SSSR count). The molecule has 0 N–H and O–H groups in total. The number of ketones is 1. The van der Waals surface area contributed by atoms with E-state index < -0.39 is 0 Å². The molecule has 0 aliphatic heterocycles. The smallest absolute Gasteiger partial charge is 0.162 e. The van der Waals surface area contributed by atoms with E-state index in [4.69, 9.17) is 9.47 Å². The highest BCUT2D eigenvalue weighted by Gasteiger charge is 2.12. The Morgan fingerprint density at radius 1 is 1.24 bits per heavy atom. The molecule has 0 aliphatic rings. The van der Waals surface area contributed by atoms with Crippen molar-refractivity contribution in [1.82, 2.24) is 0 Å². The highest BCUT2D eigenvalue weighted by Crippen LogP contribution is 2.30. The van der Waals surface area contributed by atoms with Gasteiger partial charge in [-0.05, 0) is 38.0 Å². The molecule has 0 unspecified atom stereocenters. The number of ether oxygens (including phenoxy) is 2. The highest BCUT2D eigenvalue weighted by molar-refractivity contribution is 5.94. The van der Waals surface area contributed by atoms with Gasteiger partial charge in [-0.3, -0.25) is 4.79 Å². The van der Waals surface area contributed by atoms with Crippen molar-refractivity contribution in [1.29, 1.82) is 0 Å². The maximum absolute atomic E-state index is 11.3. The van der Waals surface area contributed by atoms with E-state index in [-0.39, 0.29) is 11.9 Å². The maximum Gasteiger partial charge on any atom is 0.162 e. The molecule has 0 amide bonds. The number of hydrogen-bond donors (Lipinski definition) is 0. The van der Waals surface area contributed by atoms with Crippen LogP contribution < -0.4 is 9.47 Å². The molecule has 0 saturated carbocycles. The molecule has 0 bridgehead atoms. The fourth-order valence-corrected chi connectivity index (χ4v) is 1.62. The van der Waals surface area contributed by atoms with E-state index in [2.05, 4.69) is 13.8 Å². The summed E-state index contributed by atoms with van der Waals surface area (Å²) in [5.41, 5.74) is 0.645. The van der Waals surface area contributed by atoms with Crippen molar-refractivity contribution < 1.29 is 14.3 Å². The predicted octanol–water partition coefficient (Wildman–Crippen LogP) is 3.47. The molecule has 0 fully saturated rings. The van der Waals surface area contributed by atoms with Crippen LogP contribution in [0.2, 0.25) is 0 Å². The number of carbonyl (C=O) groups is 1. The van der Waals surface area contributed by atoms with Crippen molar-refractivity contribution in [2.75, 3.05) is 7.11 Å². The van der Waals surface area contributed by atoms with E-state index in [0.717, 1.165) is 12.8 Å². The lowest BCUT2D eigenvalue weighted by Crippen LogP contribution is -2.14. The molecular weight excluding hydrogens is 216 g/mol. The number of hydrogen-bond acceptors (Lipinski definition) is 3. The summed E-state index contributed by atoms with van der Waals surface area (Å²) in [7, 11) is 1.60. The molecule has 1 aromatic rings. The quantitative estimate of drug-likeness (QED) is 0.709. The Balaban J connectivity index is 3.01. The van der Waals surface area contributed by atoms with Gasteiger partial charge in [-0.2, -0.15) is 0 Å². The first-order valence-electron chi connectivity index (χ1n) is 5.98. The van der Waals surface area contributed by atoms with E-state index in [1.54, 1.807) is 32.2 Å². The summed E-state index contributed by atoms with van der Waals surface area (Å²) in [6.07, 6.45) is 2.03. The molecule has 0 radical (unpaired) electrons. The molecule has 0 atom stereocenters. The number of Topliss-reactive ketones (excluding diaryl/α,β-unsaturated/α-hetero) is 1. The normalized spacial score (nSPS) is 10.4. The van der Waals surface area contributed by atoms with Gasteiger partial charge in [0.25, 0.3) is 0 Å². The summed E-state index contributed by atoms with van der Waals surface area (Å²) >= 11 is 0. The SMILES string of the molecule is CCC(CC)Oc1cc(C(C)=O)ccc1OC. The largest absolute Gasteiger partial charge is 0.493 e. The second-order valence-electron chi connectivity index (χ2n) is 3.98. The number of benzene rings is 1. The Kier molecular flexibility index (Phi) is 5.01. The lowest BCUT2D eigenvalue weighted by atomic mass is 10.1. The van der Waals surface area contributed by atoms with Crippen molar-refractivity contribution in [2.45, 2.75) is 39.7 Å². The molecule has 3 nitrogen and oxygen atoms in total. The minimum atomic E-state index is 0.0297. The van der Waals surface area contributed by atoms with Gasteiger partial charge in [-0.15, -0.1) is 0 Å². The van der Waals surface area contributed by atoms with Crippen LogP contribution in [0.1, 0.15) is 44.0 Å². The summed E-state index contributed by atoms with van der Waals surface area (Å²) in [5.74, 6) is 1.35. The molecular formula is C14H20O3. The molecule has 0 aliphatic carbocycles. The zero-order chi connectivity index (χ0) is 12.8. The predicted molar refractivity (Wildman–Crippen MR) is 68.0 cm³/mol. The Morgan fingerprint density at radius 2 is 1.88 bits per heavy atom. The topological polar surface area (TPSA) is 35.5 Å². The third-order valence-electron chi connectivity index (χ3n) is 2.77. The fourth-order valence-electron chi connectivity index (χ4n) is 1.62. The maximum atomic E-state index is 11.3. The van der Waals surface area contributed by atoms with Crippen molar-refractivity contribution in [3.05, 3.63) is 23.8 Å². The Bertz CT molecular complexity index is 381. The van der Waals surface area contributed by atoms with Gasteiger partial charge < -0.3 is 9.47 Å². The van der Waals surface area contributed by atoms with Crippen LogP contribution in [0.25, 0.3) is 0 Å². The van der Waals surface area contributed by atoms with E-state index in [1.165, 1.54) is 0 Å². The molecule has 17 heavy (non-hydrogen) atoms. The van der Waals surface area contributed by atoms with Gasteiger partial charge in [0, 0.05) is 5.56 Å². The standard InChI is InChI=1S/C14H20O3/c1-5-12(6-2)17-14-9-11(10(3)15)7-8-13(14)16-4/h7-9,12H,5-6H2,1-4H3. The summed E-state index contributed by atoms with van der Waals surface area (Å²) in [4.78, 5) is 11.3. The van der Waals surface area contributed by atoms with Gasteiger partial charge in [-0.25, -0.2) is 0 Å². The van der Waals surface area contributed by atoms with E-state index in [1.807, 2.05) is 0 Å². The highest BCUT2D eigenvalue weighted by atomic mass is 16.5. The lowest BCUT2D eigenvalue weighted by molar-refractivity contribution is 0.101. The lowest BCUT2D eigenvalue weighted by Gasteiger charge is -2.18. The second-order valence-corrected chi connectivity index (χ2v) is 3.98. The third kappa shape index (κ3) is 3.48. The Hall–Kier alpha value is -1.51. The van der Waals surface area contributed by atoms with Crippen LogP contribution in [0.3, 0.4) is 0 Å². The van der Waals surface area contributed by atoms with Crippen molar-refractivity contribution in [3.63, 3.8) is 0 Å². The summed E-state index contributed by atoms with van der Waals surface area (Å²) in [6, 6.07) is 5.27. The van der Waals surface area contributed by atoms with Gasteiger partial charge in [0.05, 0.1) is 13.2 Å². The Morgan fingerprint density at radius 3 is 2.35 bits per heavy atom. The van der Waals surface area contributed by atoms with Crippen LogP contribution in [0.4, 0.5) is 0 Å². The van der Waals surface area contributed by atoms with Crippen molar-refractivity contribution >= 4 is 5.78 Å². The zero-order valence-corrected chi connectivity index (χ0v) is 10.9. The molecule has 0 heterocycles. The van der Waals surface area contributed by atoms with Gasteiger partial charge in [0.15, 0.2) is 17.3 Å². The van der Waals surface area contributed by atoms with Gasteiger partial charge in [-0.1, -0.05) is 13.8 Å². The fraction of sp³-hybridized carbons (Fsp3) is 0.500. The van der Waals surface area contributed by atoms with E-state index >= 15 is 0 Å². The second kappa shape index (κ2) is 6.28. The van der Waals surface area contributed by atoms with Crippen LogP contribution in [-0.4, -0.2) is 19.0 Å². The third-order valence-corrected chi connectivity index (χ3v) is 2.77. The molecule has 0 saturated heterocycles. The Labute approximate surface area is 103 Å². The van der Waals surface area contributed by atoms with Crippen LogP contribution in [0, 0.1) is 0 Å². The number of methoxy groups -OCH3 is 1. The van der Waals surface area contributed by atoms with Gasteiger partial charge in [0.1, 0.15) is 0 Å². The first-order valence-corrected chi connectivity index (χ1v) is 5.98. The van der Waals surface area contributed by atoms with Crippen LogP contribution >= 0.6 is 0 Å². The van der Waals surface area contributed by atoms with Gasteiger partial charge >= 0.3 is 0 Å². The zero-order valence-electron chi connectivity index (χ0n) is 10.9. The van der Waals surface area contributed by atoms with Crippen LogP contribution in [0.15, 0.2) is 18.2 Å². The summed E-state index contributed by atoms with van der Waals surface area (Å²) in [5, 5.41) is 0. The molecule has 3 heteroatoms. The number of carbonyl (C=O) groups excluding carboxylic acids is 1. The molecule has 0 aromatic heterocycles. The summed E-state index contributed by atoms with van der Waals surface area (Å²) in [6.45, 7) is 5.70. The minimum absolute atomic E-state index is 0.0297. The summed E-state index contributed by atoms with van der Waals surface area (Å²) < 4.78 is 11.1. The minimum Gasteiger partial charge on any atom is -0.493 e. The van der Waals surface area contributed by atoms with Crippen molar-refractivity contribution in [3.8, 4) is 11.5 Å². The van der Waals surface area contributed by atoms with Crippen LogP contribution in [-0.2, 0) is 0 Å². The average molecular weight is 236 g/mol. The van der Waals surface area contributed by atoms with Crippen LogP contribution in [0.5, 0.6) is 11.5 Å². The first kappa shape index (κ1) is 13.6. The molecule has 1 aromatic carbocycles. The van der Waals surface area contributed by atoms with E-state index in [9.17, 15) is 4.79 Å².